The van der Waals surface area contributed by atoms with Crippen LogP contribution in [0.4, 0.5) is 0 Å². The lowest BCUT2D eigenvalue weighted by molar-refractivity contribution is -0.145. The van der Waals surface area contributed by atoms with Gasteiger partial charge >= 0.3 is 16.1 Å². The molecule has 0 heterocycles. The summed E-state index contributed by atoms with van der Waals surface area (Å²) in [6.07, 6.45) is 0.926. The molecule has 0 aliphatic rings. The van der Waals surface area contributed by atoms with E-state index in [0.29, 0.717) is 18.7 Å². The maximum Gasteiger partial charge on any atom is 0.306 e. The molecule has 1 rings (SSSR count). The van der Waals surface area contributed by atoms with Crippen LogP contribution in [0.5, 0.6) is 11.5 Å². The molecule has 28 heavy (non-hydrogen) atoms. The van der Waals surface area contributed by atoms with E-state index in [0.717, 1.165) is 6.26 Å². The molecule has 10 heteroatoms. The average Bonchev–Trinajstić information content (AvgIpc) is 2.62. The van der Waals surface area contributed by atoms with E-state index in [1.807, 2.05) is 0 Å². The highest BCUT2D eigenvalue weighted by molar-refractivity contribution is 7.86. The molecule has 0 spiro atoms. The topological polar surface area (TPSA) is 108 Å². The first-order chi connectivity index (χ1) is 13.2. The second kappa shape index (κ2) is 11.5. The van der Waals surface area contributed by atoms with Gasteiger partial charge in [-0.15, -0.1) is 0 Å². The summed E-state index contributed by atoms with van der Waals surface area (Å²) in [5.74, 6) is -0.387. The number of hydrogen-bond acceptors (Lipinski definition) is 8. The summed E-state index contributed by atoms with van der Waals surface area (Å²) in [7, 11) is -0.824. The molecular formula is C18H27NO8S. The first-order valence-corrected chi connectivity index (χ1v) is 10.5. The van der Waals surface area contributed by atoms with Crippen LogP contribution in [0, 0.1) is 0 Å². The van der Waals surface area contributed by atoms with Crippen LogP contribution in [0.1, 0.15) is 25.3 Å². The van der Waals surface area contributed by atoms with Crippen LogP contribution >= 0.6 is 0 Å². The molecule has 0 bridgehead atoms. The lowest BCUT2D eigenvalue weighted by atomic mass is 10.1. The zero-order valence-corrected chi connectivity index (χ0v) is 17.4. The summed E-state index contributed by atoms with van der Waals surface area (Å²) in [5.41, 5.74) is 0.639. The lowest BCUT2D eigenvalue weighted by Gasteiger charge is -2.23. The van der Waals surface area contributed by atoms with Crippen LogP contribution in [0.2, 0.25) is 0 Å². The summed E-state index contributed by atoms with van der Waals surface area (Å²) < 4.78 is 42.8. The van der Waals surface area contributed by atoms with Gasteiger partial charge in [-0.05, 0) is 24.6 Å². The van der Waals surface area contributed by atoms with Crippen LogP contribution in [0.3, 0.4) is 0 Å². The number of esters is 1. The average molecular weight is 417 g/mol. The van der Waals surface area contributed by atoms with Gasteiger partial charge in [-0.25, -0.2) is 0 Å². The minimum Gasteiger partial charge on any atom is -0.493 e. The molecule has 0 fully saturated rings. The molecule has 0 aliphatic carbocycles. The van der Waals surface area contributed by atoms with Crippen molar-refractivity contribution < 1.29 is 36.4 Å². The Bertz CT molecular complexity index is 763. The minimum atomic E-state index is -3.74. The van der Waals surface area contributed by atoms with Crippen LogP contribution in [0.25, 0.3) is 0 Å². The third kappa shape index (κ3) is 8.57. The van der Waals surface area contributed by atoms with E-state index in [9.17, 15) is 18.0 Å². The van der Waals surface area contributed by atoms with E-state index >= 15 is 0 Å². The van der Waals surface area contributed by atoms with Gasteiger partial charge in [0.25, 0.3) is 0 Å². The Labute approximate surface area is 165 Å². The van der Waals surface area contributed by atoms with Gasteiger partial charge < -0.3 is 23.3 Å². The van der Waals surface area contributed by atoms with E-state index in [1.165, 1.54) is 25.2 Å². The van der Waals surface area contributed by atoms with E-state index in [4.69, 9.17) is 18.4 Å². The van der Waals surface area contributed by atoms with Crippen LogP contribution in [-0.2, 0) is 35.7 Å². The Morgan fingerprint density at radius 3 is 2.39 bits per heavy atom. The number of carbonyl (C=O) groups is 2. The predicted molar refractivity (Wildman–Crippen MR) is 102 cm³/mol. The summed E-state index contributed by atoms with van der Waals surface area (Å²) in [4.78, 5) is 25.5. The third-order valence-electron chi connectivity index (χ3n) is 3.61. The first-order valence-electron chi connectivity index (χ1n) is 8.68. The molecule has 1 aromatic carbocycles. The smallest absolute Gasteiger partial charge is 0.306 e. The number of carbonyl (C=O) groups excluding carboxylic acids is 2. The predicted octanol–water partition coefficient (Wildman–Crippen LogP) is 1.35. The number of amides is 1. The molecule has 0 atom stereocenters. The highest BCUT2D eigenvalue weighted by atomic mass is 32.2. The number of ether oxygens (including phenoxy) is 3. The van der Waals surface area contributed by atoms with Crippen molar-refractivity contribution in [2.75, 3.05) is 40.2 Å². The summed E-state index contributed by atoms with van der Waals surface area (Å²) in [6.45, 7) is 2.77. The Morgan fingerprint density at radius 2 is 1.82 bits per heavy atom. The highest BCUT2D eigenvalue weighted by Crippen LogP contribution is 2.29. The Hall–Kier alpha value is -2.33. The standard InChI is InChI=1S/C18H27NO8S/c1-5-26-18(21)9-8-17(20)19(10-11-24-2)13-14-6-7-15(25-3)16(12-14)27-28(4,22)23/h6-7,12H,5,8-11,13H2,1-4H3. The fourth-order valence-electron chi connectivity index (χ4n) is 2.36. The van der Waals surface area contributed by atoms with Crippen molar-refractivity contribution in [3.05, 3.63) is 23.8 Å². The normalized spacial score (nSPS) is 11.0. The minimum absolute atomic E-state index is 0.00536. The highest BCUT2D eigenvalue weighted by Gasteiger charge is 2.18. The van der Waals surface area contributed by atoms with Crippen LogP contribution < -0.4 is 8.92 Å². The molecule has 1 aromatic rings. The van der Waals surface area contributed by atoms with Gasteiger partial charge in [0.1, 0.15) is 0 Å². The van der Waals surface area contributed by atoms with E-state index in [1.54, 1.807) is 19.1 Å². The molecule has 0 N–H and O–H groups in total. The van der Waals surface area contributed by atoms with E-state index < -0.39 is 16.1 Å². The summed E-state index contributed by atoms with van der Waals surface area (Å²) in [6, 6.07) is 4.76. The number of hydrogen-bond donors (Lipinski definition) is 0. The molecule has 0 saturated carbocycles. The largest absolute Gasteiger partial charge is 0.493 e. The number of rotatable bonds is 12. The van der Waals surface area contributed by atoms with E-state index in [-0.39, 0.29) is 43.4 Å². The van der Waals surface area contributed by atoms with Gasteiger partial charge in [0.05, 0.1) is 33.0 Å². The van der Waals surface area contributed by atoms with Crippen molar-refractivity contribution in [2.24, 2.45) is 0 Å². The Balaban J connectivity index is 2.94. The summed E-state index contributed by atoms with van der Waals surface area (Å²) in [5, 5.41) is 0. The monoisotopic (exact) mass is 417 g/mol. The third-order valence-corrected chi connectivity index (χ3v) is 4.09. The second-order valence-corrected chi connectivity index (χ2v) is 7.46. The SMILES string of the molecule is CCOC(=O)CCC(=O)N(CCOC)Cc1ccc(OC)c(OS(C)(=O)=O)c1. The lowest BCUT2D eigenvalue weighted by Crippen LogP contribution is -2.33. The molecule has 0 unspecified atom stereocenters. The van der Waals surface area contributed by atoms with Crippen molar-refractivity contribution in [2.45, 2.75) is 26.3 Å². The quantitative estimate of drug-likeness (QED) is 0.370. The van der Waals surface area contributed by atoms with Gasteiger partial charge in [-0.3, -0.25) is 9.59 Å². The van der Waals surface area contributed by atoms with Gasteiger partial charge in [0, 0.05) is 26.6 Å². The molecule has 0 aliphatic heterocycles. The molecule has 0 saturated heterocycles. The van der Waals surface area contributed by atoms with Crippen molar-refractivity contribution in [1.29, 1.82) is 0 Å². The Morgan fingerprint density at radius 1 is 1.11 bits per heavy atom. The van der Waals surface area contributed by atoms with Gasteiger partial charge in [-0.2, -0.15) is 8.42 Å². The molecule has 1 amide bonds. The molecule has 0 aromatic heterocycles. The zero-order valence-electron chi connectivity index (χ0n) is 16.6. The molecule has 9 nitrogen and oxygen atoms in total. The van der Waals surface area contributed by atoms with Crippen molar-refractivity contribution in [3.8, 4) is 11.5 Å². The Kier molecular flexibility index (Phi) is 9.74. The molecule has 158 valence electrons. The summed E-state index contributed by atoms with van der Waals surface area (Å²) >= 11 is 0. The number of nitrogens with zero attached hydrogens (tertiary/aromatic N) is 1. The number of benzene rings is 1. The second-order valence-electron chi connectivity index (χ2n) is 5.89. The number of methoxy groups -OCH3 is 2. The van der Waals surface area contributed by atoms with Crippen molar-refractivity contribution in [1.82, 2.24) is 4.90 Å². The molecular weight excluding hydrogens is 390 g/mol. The van der Waals surface area contributed by atoms with Crippen LogP contribution in [0.15, 0.2) is 18.2 Å². The maximum absolute atomic E-state index is 12.5. The molecule has 0 radical (unpaired) electrons. The zero-order chi connectivity index (χ0) is 21.2. The van der Waals surface area contributed by atoms with E-state index in [2.05, 4.69) is 0 Å². The van der Waals surface area contributed by atoms with Crippen LogP contribution in [-0.4, -0.2) is 65.4 Å². The van der Waals surface area contributed by atoms with Crippen molar-refractivity contribution >= 4 is 22.0 Å². The fraction of sp³-hybridized carbons (Fsp3) is 0.556. The van der Waals surface area contributed by atoms with Gasteiger partial charge in [-0.1, -0.05) is 6.07 Å². The van der Waals surface area contributed by atoms with Gasteiger partial charge in [0.2, 0.25) is 5.91 Å². The van der Waals surface area contributed by atoms with Gasteiger partial charge in [0.15, 0.2) is 11.5 Å². The fourth-order valence-corrected chi connectivity index (χ4v) is 2.82. The first kappa shape index (κ1) is 23.7. The van der Waals surface area contributed by atoms with Crippen molar-refractivity contribution in [3.63, 3.8) is 0 Å². The maximum atomic E-state index is 12.5.